The average molecular weight is 229 g/mol. The molecule has 2 N–H and O–H groups in total. The number of aromatic nitrogens is 2. The van der Waals surface area contributed by atoms with Crippen molar-refractivity contribution in [3.63, 3.8) is 0 Å². The van der Waals surface area contributed by atoms with E-state index in [1.807, 2.05) is 42.2 Å². The smallest absolute Gasteiger partial charge is 0.0736 e. The van der Waals surface area contributed by atoms with Gasteiger partial charge in [-0.25, -0.2) is 0 Å². The number of aryl methyl sites for hydroxylation is 1. The van der Waals surface area contributed by atoms with Crippen LogP contribution < -0.4 is 5.73 Å². The third kappa shape index (κ3) is 2.05. The first kappa shape index (κ1) is 11.7. The lowest BCUT2D eigenvalue weighted by atomic mass is 9.85. The molecule has 1 aromatic carbocycles. The topological polar surface area (TPSA) is 43.8 Å². The summed E-state index contributed by atoms with van der Waals surface area (Å²) in [6, 6.07) is 7.92. The molecule has 0 radical (unpaired) electrons. The monoisotopic (exact) mass is 229 g/mol. The van der Waals surface area contributed by atoms with Crippen LogP contribution in [0.5, 0.6) is 0 Å². The highest BCUT2D eigenvalue weighted by molar-refractivity contribution is 5.76. The fourth-order valence-electron chi connectivity index (χ4n) is 2.02. The van der Waals surface area contributed by atoms with E-state index in [9.17, 15) is 0 Å². The Labute approximate surface area is 102 Å². The van der Waals surface area contributed by atoms with Gasteiger partial charge in [-0.2, -0.15) is 5.10 Å². The van der Waals surface area contributed by atoms with Gasteiger partial charge in [-0.3, -0.25) is 4.68 Å². The minimum atomic E-state index is 0.0614. The molecular weight excluding hydrogens is 210 g/mol. The molecule has 0 fully saturated rings. The van der Waals surface area contributed by atoms with E-state index in [0.29, 0.717) is 0 Å². The second-order valence-corrected chi connectivity index (χ2v) is 5.37. The molecule has 0 aliphatic heterocycles. The molecule has 3 nitrogen and oxygen atoms in total. The van der Waals surface area contributed by atoms with Crippen LogP contribution in [0.15, 0.2) is 30.5 Å². The van der Waals surface area contributed by atoms with Crippen LogP contribution in [0.2, 0.25) is 0 Å². The van der Waals surface area contributed by atoms with Crippen molar-refractivity contribution in [2.45, 2.75) is 26.2 Å². The van der Waals surface area contributed by atoms with Crippen LogP contribution >= 0.6 is 0 Å². The summed E-state index contributed by atoms with van der Waals surface area (Å²) in [6.45, 7) is 6.56. The molecular formula is C14H19N3. The summed E-state index contributed by atoms with van der Waals surface area (Å²) in [4.78, 5) is 0. The van der Waals surface area contributed by atoms with Gasteiger partial charge in [-0.1, -0.05) is 39.0 Å². The van der Waals surface area contributed by atoms with E-state index < -0.39 is 0 Å². The van der Waals surface area contributed by atoms with Gasteiger partial charge in [0.25, 0.3) is 0 Å². The molecule has 0 bridgehead atoms. The standard InChI is InChI=1S/C14H19N3/c1-14(2,3)11-9-16-17(4)13(11)10-7-5-6-8-12(10)15/h5-9H,15H2,1-4H3. The number of nitrogen functional groups attached to an aromatic ring is 1. The van der Waals surface area contributed by atoms with Crippen molar-refractivity contribution in [3.8, 4) is 11.3 Å². The highest BCUT2D eigenvalue weighted by atomic mass is 15.3. The average Bonchev–Trinajstić information content (AvgIpc) is 2.60. The largest absolute Gasteiger partial charge is 0.398 e. The number of anilines is 1. The third-order valence-corrected chi connectivity index (χ3v) is 2.96. The maximum Gasteiger partial charge on any atom is 0.0736 e. The van der Waals surface area contributed by atoms with E-state index >= 15 is 0 Å². The highest BCUT2D eigenvalue weighted by Crippen LogP contribution is 2.34. The molecule has 0 unspecified atom stereocenters. The number of hydrogen-bond donors (Lipinski definition) is 1. The lowest BCUT2D eigenvalue weighted by Crippen LogP contribution is -2.12. The lowest BCUT2D eigenvalue weighted by molar-refractivity contribution is 0.591. The molecule has 0 saturated carbocycles. The zero-order chi connectivity index (χ0) is 12.6. The summed E-state index contributed by atoms with van der Waals surface area (Å²) in [5.41, 5.74) is 10.3. The van der Waals surface area contributed by atoms with Crippen molar-refractivity contribution in [2.75, 3.05) is 5.73 Å². The molecule has 1 aromatic heterocycles. The Kier molecular flexibility index (Phi) is 2.69. The number of rotatable bonds is 1. The van der Waals surface area contributed by atoms with E-state index in [4.69, 9.17) is 5.73 Å². The van der Waals surface area contributed by atoms with Gasteiger partial charge in [-0.15, -0.1) is 0 Å². The molecule has 17 heavy (non-hydrogen) atoms. The molecule has 90 valence electrons. The Bertz CT molecular complexity index is 533. The predicted octanol–water partition coefficient (Wildman–Crippen LogP) is 2.97. The Morgan fingerprint density at radius 1 is 1.18 bits per heavy atom. The first-order chi connectivity index (χ1) is 7.91. The third-order valence-electron chi connectivity index (χ3n) is 2.96. The zero-order valence-corrected chi connectivity index (χ0v) is 10.9. The number of para-hydroxylation sites is 1. The summed E-state index contributed by atoms with van der Waals surface area (Å²) in [5.74, 6) is 0. The number of nitrogens with zero attached hydrogens (tertiary/aromatic N) is 2. The molecule has 1 heterocycles. The normalized spacial score (nSPS) is 11.8. The van der Waals surface area contributed by atoms with Crippen LogP contribution in [0, 0.1) is 0 Å². The van der Waals surface area contributed by atoms with Crippen LogP contribution in [0.1, 0.15) is 26.3 Å². The quantitative estimate of drug-likeness (QED) is 0.764. The molecule has 0 amide bonds. The highest BCUT2D eigenvalue weighted by Gasteiger charge is 2.23. The Hall–Kier alpha value is -1.77. The summed E-state index contributed by atoms with van der Waals surface area (Å²) < 4.78 is 1.90. The van der Waals surface area contributed by atoms with Crippen LogP contribution in [0.3, 0.4) is 0 Å². The fraction of sp³-hybridized carbons (Fsp3) is 0.357. The van der Waals surface area contributed by atoms with Crippen molar-refractivity contribution in [3.05, 3.63) is 36.0 Å². The van der Waals surface area contributed by atoms with E-state index in [-0.39, 0.29) is 5.41 Å². The Morgan fingerprint density at radius 2 is 1.82 bits per heavy atom. The molecule has 3 heteroatoms. The van der Waals surface area contributed by atoms with Crippen molar-refractivity contribution in [2.24, 2.45) is 7.05 Å². The van der Waals surface area contributed by atoms with Crippen molar-refractivity contribution < 1.29 is 0 Å². The van der Waals surface area contributed by atoms with Crippen molar-refractivity contribution in [1.29, 1.82) is 0 Å². The lowest BCUT2D eigenvalue weighted by Gasteiger charge is -2.20. The van der Waals surface area contributed by atoms with E-state index in [2.05, 4.69) is 25.9 Å². The Balaban J connectivity index is 2.68. The molecule has 0 spiro atoms. The van der Waals surface area contributed by atoms with Crippen LogP contribution in [0.25, 0.3) is 11.3 Å². The maximum absolute atomic E-state index is 6.05. The minimum absolute atomic E-state index is 0.0614. The number of nitrogens with two attached hydrogens (primary N) is 1. The van der Waals surface area contributed by atoms with Gasteiger partial charge < -0.3 is 5.73 Å². The van der Waals surface area contributed by atoms with E-state index in [0.717, 1.165) is 16.9 Å². The van der Waals surface area contributed by atoms with Crippen molar-refractivity contribution in [1.82, 2.24) is 9.78 Å². The molecule has 0 saturated heterocycles. The first-order valence-corrected chi connectivity index (χ1v) is 5.78. The van der Waals surface area contributed by atoms with Gasteiger partial charge in [0.2, 0.25) is 0 Å². The zero-order valence-electron chi connectivity index (χ0n) is 10.9. The number of hydrogen-bond acceptors (Lipinski definition) is 2. The van der Waals surface area contributed by atoms with Gasteiger partial charge in [0.1, 0.15) is 0 Å². The number of benzene rings is 1. The maximum atomic E-state index is 6.05. The van der Waals surface area contributed by atoms with Crippen LogP contribution in [-0.4, -0.2) is 9.78 Å². The molecule has 2 aromatic rings. The summed E-state index contributed by atoms with van der Waals surface area (Å²) in [7, 11) is 1.96. The predicted molar refractivity (Wildman–Crippen MR) is 71.8 cm³/mol. The van der Waals surface area contributed by atoms with Gasteiger partial charge in [-0.05, 0) is 11.5 Å². The first-order valence-electron chi connectivity index (χ1n) is 5.78. The molecule has 0 aliphatic carbocycles. The summed E-state index contributed by atoms with van der Waals surface area (Å²) in [5, 5.41) is 4.36. The summed E-state index contributed by atoms with van der Waals surface area (Å²) >= 11 is 0. The van der Waals surface area contributed by atoms with E-state index in [1.54, 1.807) is 0 Å². The second-order valence-electron chi connectivity index (χ2n) is 5.37. The van der Waals surface area contributed by atoms with E-state index in [1.165, 1.54) is 5.56 Å². The van der Waals surface area contributed by atoms with Crippen molar-refractivity contribution >= 4 is 5.69 Å². The minimum Gasteiger partial charge on any atom is -0.398 e. The van der Waals surface area contributed by atoms with Crippen LogP contribution in [-0.2, 0) is 12.5 Å². The fourth-order valence-corrected chi connectivity index (χ4v) is 2.02. The van der Waals surface area contributed by atoms with Gasteiger partial charge >= 0.3 is 0 Å². The van der Waals surface area contributed by atoms with Gasteiger partial charge in [0, 0.05) is 23.9 Å². The molecule has 0 aliphatic rings. The second kappa shape index (κ2) is 3.91. The van der Waals surface area contributed by atoms with Gasteiger partial charge in [0.15, 0.2) is 0 Å². The molecule has 0 atom stereocenters. The Morgan fingerprint density at radius 3 is 2.41 bits per heavy atom. The van der Waals surface area contributed by atoms with Gasteiger partial charge in [0.05, 0.1) is 11.9 Å². The SMILES string of the molecule is Cn1ncc(C(C)(C)C)c1-c1ccccc1N. The summed E-state index contributed by atoms with van der Waals surface area (Å²) in [6.07, 6.45) is 1.93. The van der Waals surface area contributed by atoms with Crippen LogP contribution in [0.4, 0.5) is 5.69 Å². The molecule has 2 rings (SSSR count).